The molecule has 2 aromatic rings. The molecule has 0 unspecified atom stereocenters. The van der Waals surface area contributed by atoms with E-state index >= 15 is 0 Å². The lowest BCUT2D eigenvalue weighted by Crippen LogP contribution is -2.33. The summed E-state index contributed by atoms with van der Waals surface area (Å²) in [6.45, 7) is 4.70. The number of hydrogen-bond donors (Lipinski definition) is 1. The molecule has 148 valence electrons. The number of sulfonamides is 1. The summed E-state index contributed by atoms with van der Waals surface area (Å²) < 4.78 is 41.4. The van der Waals surface area contributed by atoms with E-state index in [1.165, 1.54) is 17.2 Å². The fraction of sp³-hybridized carbons (Fsp3) is 0.368. The van der Waals surface area contributed by atoms with Crippen LogP contribution in [0.3, 0.4) is 0 Å². The molecule has 0 amide bonds. The van der Waals surface area contributed by atoms with Gasteiger partial charge in [0.15, 0.2) is 0 Å². The molecule has 0 bridgehead atoms. The maximum absolute atomic E-state index is 13.7. The number of fused-ring (bicyclic) bond motifs is 1. The first kappa shape index (κ1) is 22.3. The molecule has 1 aliphatic rings. The Bertz CT molecular complexity index is 909. The van der Waals surface area contributed by atoms with Gasteiger partial charge in [0.2, 0.25) is 10.0 Å². The molecule has 27 heavy (non-hydrogen) atoms. The minimum Gasteiger partial charge on any atom is -0.299 e. The lowest BCUT2D eigenvalue weighted by Gasteiger charge is -2.28. The van der Waals surface area contributed by atoms with Crippen LogP contribution in [0.1, 0.15) is 23.1 Å². The molecule has 1 N–H and O–H groups in total. The first-order valence-electron chi connectivity index (χ1n) is 8.61. The molecule has 4 nitrogen and oxygen atoms in total. The van der Waals surface area contributed by atoms with E-state index in [-0.39, 0.29) is 21.8 Å². The van der Waals surface area contributed by atoms with Crippen LogP contribution in [0.15, 0.2) is 45.8 Å². The maximum atomic E-state index is 13.7. The van der Waals surface area contributed by atoms with Crippen LogP contribution in [0.5, 0.6) is 0 Å². The van der Waals surface area contributed by atoms with Gasteiger partial charge in [-0.15, -0.1) is 12.4 Å². The van der Waals surface area contributed by atoms with Gasteiger partial charge in [0.25, 0.3) is 0 Å². The van der Waals surface area contributed by atoms with Crippen LogP contribution < -0.4 is 4.72 Å². The maximum Gasteiger partial charge on any atom is 0.240 e. The van der Waals surface area contributed by atoms with Crippen molar-refractivity contribution in [3.63, 3.8) is 0 Å². The van der Waals surface area contributed by atoms with Crippen molar-refractivity contribution in [3.05, 3.63) is 63.4 Å². The number of halogens is 3. The van der Waals surface area contributed by atoms with Gasteiger partial charge in [0.05, 0.1) is 9.37 Å². The summed E-state index contributed by atoms with van der Waals surface area (Å²) >= 11 is 3.07. The topological polar surface area (TPSA) is 49.4 Å². The molecular weight excluding hydrogens is 455 g/mol. The average molecular weight is 478 g/mol. The van der Waals surface area contributed by atoms with E-state index in [0.29, 0.717) is 18.5 Å². The number of benzene rings is 2. The molecule has 0 aliphatic carbocycles. The van der Waals surface area contributed by atoms with Crippen molar-refractivity contribution in [1.82, 2.24) is 9.62 Å². The highest BCUT2D eigenvalue weighted by molar-refractivity contribution is 9.10. The number of nitrogens with one attached hydrogen (secondary N) is 1. The summed E-state index contributed by atoms with van der Waals surface area (Å²) in [5, 5.41) is 0. The molecule has 0 fully saturated rings. The largest absolute Gasteiger partial charge is 0.299 e. The Morgan fingerprint density at radius 1 is 1.22 bits per heavy atom. The van der Waals surface area contributed by atoms with Crippen molar-refractivity contribution in [3.8, 4) is 0 Å². The Balaban J connectivity index is 0.00000261. The fourth-order valence-electron chi connectivity index (χ4n) is 3.25. The Kier molecular flexibility index (Phi) is 7.83. The highest BCUT2D eigenvalue weighted by Gasteiger charge is 2.19. The second kappa shape index (κ2) is 9.47. The van der Waals surface area contributed by atoms with E-state index < -0.39 is 15.8 Å². The molecule has 2 aromatic carbocycles. The van der Waals surface area contributed by atoms with Gasteiger partial charge in [-0.25, -0.2) is 17.5 Å². The Morgan fingerprint density at radius 2 is 1.93 bits per heavy atom. The summed E-state index contributed by atoms with van der Waals surface area (Å²) in [5.41, 5.74) is 3.26. The summed E-state index contributed by atoms with van der Waals surface area (Å²) in [7, 11) is -3.71. The van der Waals surface area contributed by atoms with Crippen LogP contribution in [0.25, 0.3) is 0 Å². The lowest BCUT2D eigenvalue weighted by atomic mass is 10.00. The van der Waals surface area contributed by atoms with Gasteiger partial charge in [-0.2, -0.15) is 0 Å². The quantitative estimate of drug-likeness (QED) is 0.639. The van der Waals surface area contributed by atoms with Crippen molar-refractivity contribution in [1.29, 1.82) is 0 Å². The molecule has 1 aliphatic heterocycles. The Hall–Kier alpha value is -0.990. The first-order valence-corrected chi connectivity index (χ1v) is 10.9. The Labute approximate surface area is 174 Å². The molecule has 1 heterocycles. The SMILES string of the molecule is Cc1cc(Br)c(F)cc1S(=O)(=O)NCCCN1CCc2ccccc2C1.Cl. The van der Waals surface area contributed by atoms with Gasteiger partial charge in [-0.05, 0) is 71.1 Å². The zero-order valence-corrected chi connectivity index (χ0v) is 18.3. The van der Waals surface area contributed by atoms with Crippen LogP contribution in [-0.4, -0.2) is 33.0 Å². The lowest BCUT2D eigenvalue weighted by molar-refractivity contribution is 0.251. The van der Waals surface area contributed by atoms with Crippen LogP contribution in [0, 0.1) is 12.7 Å². The van der Waals surface area contributed by atoms with Crippen molar-refractivity contribution in [2.75, 3.05) is 19.6 Å². The van der Waals surface area contributed by atoms with Gasteiger partial charge in [0.1, 0.15) is 5.82 Å². The number of hydrogen-bond acceptors (Lipinski definition) is 3. The zero-order valence-electron chi connectivity index (χ0n) is 15.0. The number of nitrogens with zero attached hydrogens (tertiary/aromatic N) is 1. The smallest absolute Gasteiger partial charge is 0.240 e. The molecule has 0 saturated carbocycles. The minimum absolute atomic E-state index is 0. The number of rotatable bonds is 6. The van der Waals surface area contributed by atoms with E-state index in [4.69, 9.17) is 0 Å². The van der Waals surface area contributed by atoms with Gasteiger partial charge in [-0.3, -0.25) is 4.90 Å². The molecule has 3 rings (SSSR count). The summed E-state index contributed by atoms with van der Waals surface area (Å²) in [4.78, 5) is 2.33. The van der Waals surface area contributed by atoms with Crippen LogP contribution in [0.4, 0.5) is 4.39 Å². The highest BCUT2D eigenvalue weighted by atomic mass is 79.9. The molecular formula is C19H23BrClFN2O2S. The second-order valence-corrected chi connectivity index (χ2v) is 9.17. The predicted molar refractivity (Wildman–Crippen MR) is 111 cm³/mol. The third kappa shape index (κ3) is 5.51. The van der Waals surface area contributed by atoms with E-state index in [1.54, 1.807) is 6.92 Å². The summed E-state index contributed by atoms with van der Waals surface area (Å²) in [6, 6.07) is 11.0. The minimum atomic E-state index is -3.71. The summed E-state index contributed by atoms with van der Waals surface area (Å²) in [6.07, 6.45) is 1.73. The monoisotopic (exact) mass is 476 g/mol. The van der Waals surface area contributed by atoms with Crippen LogP contribution in [-0.2, 0) is 23.0 Å². The second-order valence-electron chi connectivity index (χ2n) is 6.58. The van der Waals surface area contributed by atoms with Gasteiger partial charge >= 0.3 is 0 Å². The van der Waals surface area contributed by atoms with Gasteiger partial charge in [-0.1, -0.05) is 24.3 Å². The third-order valence-corrected chi connectivity index (χ3v) is 6.87. The predicted octanol–water partition coefficient (Wildman–Crippen LogP) is 4.05. The molecule has 0 aromatic heterocycles. The molecule has 0 atom stereocenters. The third-order valence-electron chi connectivity index (χ3n) is 4.66. The number of aryl methyl sites for hydroxylation is 1. The highest BCUT2D eigenvalue weighted by Crippen LogP contribution is 2.23. The van der Waals surface area contributed by atoms with Gasteiger partial charge < -0.3 is 0 Å². The van der Waals surface area contributed by atoms with Crippen molar-refractivity contribution >= 4 is 38.4 Å². The summed E-state index contributed by atoms with van der Waals surface area (Å²) in [5.74, 6) is -0.581. The molecule has 0 spiro atoms. The van der Waals surface area contributed by atoms with Crippen molar-refractivity contribution in [2.24, 2.45) is 0 Å². The van der Waals surface area contributed by atoms with E-state index in [9.17, 15) is 12.8 Å². The van der Waals surface area contributed by atoms with Gasteiger partial charge in [0, 0.05) is 19.6 Å². The van der Waals surface area contributed by atoms with Crippen LogP contribution >= 0.6 is 28.3 Å². The average Bonchev–Trinajstić information content (AvgIpc) is 2.61. The fourth-order valence-corrected chi connectivity index (χ4v) is 5.02. The van der Waals surface area contributed by atoms with E-state index in [1.807, 2.05) is 0 Å². The molecule has 8 heteroatoms. The van der Waals surface area contributed by atoms with E-state index in [0.717, 1.165) is 32.1 Å². The van der Waals surface area contributed by atoms with E-state index in [2.05, 4.69) is 49.8 Å². The zero-order chi connectivity index (χ0) is 18.7. The molecule has 0 radical (unpaired) electrons. The van der Waals surface area contributed by atoms with Crippen LogP contribution in [0.2, 0.25) is 0 Å². The standard InChI is InChI=1S/C19H22BrFN2O2S.ClH/c1-14-11-17(20)18(21)12-19(14)26(24,25)22-8-4-9-23-10-7-15-5-2-3-6-16(15)13-23;/h2-3,5-6,11-12,22H,4,7-10,13H2,1H3;1H. The Morgan fingerprint density at radius 3 is 2.67 bits per heavy atom. The van der Waals surface area contributed by atoms with Crippen molar-refractivity contribution in [2.45, 2.75) is 31.2 Å². The normalized spacial score (nSPS) is 14.5. The molecule has 0 saturated heterocycles. The first-order chi connectivity index (χ1) is 12.4. The van der Waals surface area contributed by atoms with Crippen molar-refractivity contribution < 1.29 is 12.8 Å².